The van der Waals surface area contributed by atoms with Gasteiger partial charge in [-0.25, -0.2) is 9.97 Å². The number of rotatable bonds is 5. The van der Waals surface area contributed by atoms with Crippen LogP contribution in [0, 0.1) is 5.92 Å². The van der Waals surface area contributed by atoms with E-state index in [0.29, 0.717) is 12.0 Å². The number of aromatic nitrogens is 4. The van der Waals surface area contributed by atoms with Crippen molar-refractivity contribution in [3.63, 3.8) is 0 Å². The summed E-state index contributed by atoms with van der Waals surface area (Å²) in [6.07, 6.45) is 11.9. The van der Waals surface area contributed by atoms with Crippen LogP contribution in [0.25, 0.3) is 22.2 Å². The highest BCUT2D eigenvalue weighted by atomic mass is 16.5. The number of fused-ring (bicyclic) bond motifs is 1. The second-order valence-corrected chi connectivity index (χ2v) is 9.13. The number of amides is 1. The third-order valence-electron chi connectivity index (χ3n) is 7.11. The van der Waals surface area contributed by atoms with Crippen LogP contribution in [0.2, 0.25) is 0 Å². The summed E-state index contributed by atoms with van der Waals surface area (Å²) in [5.74, 6) is 1.68. The first kappa shape index (κ1) is 21.7. The van der Waals surface area contributed by atoms with Crippen molar-refractivity contribution in [2.24, 2.45) is 5.92 Å². The Morgan fingerprint density at radius 2 is 1.88 bits per heavy atom. The molecule has 2 aromatic heterocycles. The molecule has 8 heteroatoms. The molecule has 3 heterocycles. The highest BCUT2D eigenvalue weighted by Crippen LogP contribution is 2.34. The van der Waals surface area contributed by atoms with Gasteiger partial charge in [0.1, 0.15) is 5.75 Å². The number of hydrogen-bond donors (Lipinski definition) is 1. The van der Waals surface area contributed by atoms with E-state index in [1.807, 2.05) is 24.4 Å². The van der Waals surface area contributed by atoms with Gasteiger partial charge in [0, 0.05) is 43.2 Å². The number of nitrogens with one attached hydrogen (secondary N) is 1. The van der Waals surface area contributed by atoms with E-state index in [-0.39, 0.29) is 11.8 Å². The average Bonchev–Trinajstić information content (AvgIpc) is 3.38. The Labute approximate surface area is 194 Å². The standard InChI is InChI=1S/C25H32N6O2/c1-26-24(32)17-10-12-30(13-11-17)25-28-22-9-8-20(33-2)14-21(22)23(29-25)18-15-27-31(16-18)19-6-4-3-5-7-19/h8-9,14-17,19H,3-7,10-13H2,1-2H3,(H,26,32). The van der Waals surface area contributed by atoms with Crippen molar-refractivity contribution in [2.75, 3.05) is 32.1 Å². The van der Waals surface area contributed by atoms with Gasteiger partial charge in [-0.2, -0.15) is 5.10 Å². The maximum absolute atomic E-state index is 12.0. The Bertz CT molecular complexity index is 1130. The molecule has 0 radical (unpaired) electrons. The van der Waals surface area contributed by atoms with Crippen LogP contribution < -0.4 is 15.0 Å². The molecule has 8 nitrogen and oxygen atoms in total. The summed E-state index contributed by atoms with van der Waals surface area (Å²) in [4.78, 5) is 24.1. The molecule has 1 saturated heterocycles. The van der Waals surface area contributed by atoms with Crippen molar-refractivity contribution in [3.8, 4) is 17.0 Å². The minimum Gasteiger partial charge on any atom is -0.497 e. The van der Waals surface area contributed by atoms with E-state index in [1.165, 1.54) is 32.1 Å². The van der Waals surface area contributed by atoms with Crippen molar-refractivity contribution in [3.05, 3.63) is 30.6 Å². The summed E-state index contributed by atoms with van der Waals surface area (Å²) in [7, 11) is 3.38. The number of nitrogens with zero attached hydrogens (tertiary/aromatic N) is 5. The van der Waals surface area contributed by atoms with Gasteiger partial charge in [-0.15, -0.1) is 0 Å². The molecule has 1 amide bonds. The van der Waals surface area contributed by atoms with Crippen molar-refractivity contribution in [1.82, 2.24) is 25.1 Å². The van der Waals surface area contributed by atoms with E-state index in [0.717, 1.165) is 53.8 Å². The lowest BCUT2D eigenvalue weighted by Gasteiger charge is -2.31. The van der Waals surface area contributed by atoms with Gasteiger partial charge in [-0.05, 0) is 43.9 Å². The van der Waals surface area contributed by atoms with Crippen molar-refractivity contribution >= 4 is 22.8 Å². The topological polar surface area (TPSA) is 85.2 Å². The molecule has 0 bridgehead atoms. The minimum atomic E-state index is 0.0594. The molecule has 1 N–H and O–H groups in total. The Balaban J connectivity index is 1.50. The fourth-order valence-electron chi connectivity index (χ4n) is 5.14. The second-order valence-electron chi connectivity index (χ2n) is 9.13. The van der Waals surface area contributed by atoms with E-state index >= 15 is 0 Å². The lowest BCUT2D eigenvalue weighted by atomic mass is 9.96. The molecule has 0 atom stereocenters. The number of methoxy groups -OCH3 is 1. The van der Waals surface area contributed by atoms with Gasteiger partial charge in [-0.1, -0.05) is 19.3 Å². The molecule has 1 saturated carbocycles. The molecule has 1 aliphatic carbocycles. The number of anilines is 1. The highest BCUT2D eigenvalue weighted by molar-refractivity contribution is 5.94. The number of benzene rings is 1. The predicted molar refractivity (Wildman–Crippen MR) is 128 cm³/mol. The molecule has 1 aromatic carbocycles. The van der Waals surface area contributed by atoms with Gasteiger partial charge in [0.15, 0.2) is 0 Å². The van der Waals surface area contributed by atoms with Gasteiger partial charge in [0.05, 0.1) is 30.6 Å². The number of hydrogen-bond acceptors (Lipinski definition) is 6. The fourth-order valence-corrected chi connectivity index (χ4v) is 5.14. The van der Waals surface area contributed by atoms with Crippen molar-refractivity contribution in [1.29, 1.82) is 0 Å². The highest BCUT2D eigenvalue weighted by Gasteiger charge is 2.26. The lowest BCUT2D eigenvalue weighted by Crippen LogP contribution is -2.40. The van der Waals surface area contributed by atoms with E-state index in [1.54, 1.807) is 14.2 Å². The Hall–Kier alpha value is -3.16. The van der Waals surface area contributed by atoms with E-state index in [9.17, 15) is 4.79 Å². The molecular formula is C25H32N6O2. The quantitative estimate of drug-likeness (QED) is 0.636. The maximum Gasteiger partial charge on any atom is 0.226 e. The third kappa shape index (κ3) is 4.38. The monoisotopic (exact) mass is 448 g/mol. The zero-order valence-corrected chi connectivity index (χ0v) is 19.5. The SMILES string of the molecule is CNC(=O)C1CCN(c2nc(-c3cnn(C4CCCCC4)c3)c3cc(OC)ccc3n2)CC1. The largest absolute Gasteiger partial charge is 0.497 e. The molecule has 0 spiro atoms. The molecule has 3 aromatic rings. The van der Waals surface area contributed by atoms with Crippen LogP contribution in [0.15, 0.2) is 30.6 Å². The molecule has 33 heavy (non-hydrogen) atoms. The average molecular weight is 449 g/mol. The molecule has 5 rings (SSSR count). The summed E-state index contributed by atoms with van der Waals surface area (Å²) < 4.78 is 7.60. The van der Waals surface area contributed by atoms with E-state index in [4.69, 9.17) is 19.8 Å². The zero-order valence-electron chi connectivity index (χ0n) is 19.5. The number of carbonyl (C=O) groups is 1. The molecule has 174 valence electrons. The van der Waals surface area contributed by atoms with E-state index in [2.05, 4.69) is 21.1 Å². The molecule has 1 aliphatic heterocycles. The van der Waals surface area contributed by atoms with E-state index < -0.39 is 0 Å². The summed E-state index contributed by atoms with van der Waals surface area (Å²) in [5, 5.41) is 8.45. The number of ether oxygens (including phenoxy) is 1. The van der Waals surface area contributed by atoms with Crippen molar-refractivity contribution < 1.29 is 9.53 Å². The normalized spacial score (nSPS) is 17.9. The maximum atomic E-state index is 12.0. The van der Waals surface area contributed by atoms with Gasteiger partial charge in [0.2, 0.25) is 11.9 Å². The molecular weight excluding hydrogens is 416 g/mol. The van der Waals surface area contributed by atoms with Crippen LogP contribution in [0.5, 0.6) is 5.75 Å². The number of piperidine rings is 1. The molecule has 2 fully saturated rings. The number of carbonyl (C=O) groups excluding carboxylic acids is 1. The van der Waals surface area contributed by atoms with Crippen LogP contribution in [0.4, 0.5) is 5.95 Å². The fraction of sp³-hybridized carbons (Fsp3) is 0.520. The third-order valence-corrected chi connectivity index (χ3v) is 7.11. The molecule has 0 unspecified atom stereocenters. The van der Waals surface area contributed by atoms with Crippen molar-refractivity contribution in [2.45, 2.75) is 51.0 Å². The Morgan fingerprint density at radius 1 is 1.09 bits per heavy atom. The van der Waals surface area contributed by atoms with Gasteiger partial charge in [0.25, 0.3) is 0 Å². The van der Waals surface area contributed by atoms with Gasteiger partial charge >= 0.3 is 0 Å². The Morgan fingerprint density at radius 3 is 2.61 bits per heavy atom. The first-order valence-electron chi connectivity index (χ1n) is 12.0. The van der Waals surface area contributed by atoms with Crippen LogP contribution in [-0.2, 0) is 4.79 Å². The first-order chi connectivity index (χ1) is 16.2. The van der Waals surface area contributed by atoms with Crippen LogP contribution in [0.3, 0.4) is 0 Å². The summed E-state index contributed by atoms with van der Waals surface area (Å²) in [6.45, 7) is 1.53. The van der Waals surface area contributed by atoms with Crippen LogP contribution in [0.1, 0.15) is 51.0 Å². The van der Waals surface area contributed by atoms with Crippen LogP contribution >= 0.6 is 0 Å². The summed E-state index contributed by atoms with van der Waals surface area (Å²) in [5.41, 5.74) is 2.77. The summed E-state index contributed by atoms with van der Waals surface area (Å²) >= 11 is 0. The van der Waals surface area contributed by atoms with Crippen LogP contribution in [-0.4, -0.2) is 52.9 Å². The lowest BCUT2D eigenvalue weighted by molar-refractivity contribution is -0.125. The second kappa shape index (κ2) is 9.37. The van der Waals surface area contributed by atoms with Gasteiger partial charge < -0.3 is 15.0 Å². The predicted octanol–water partition coefficient (Wildman–Crippen LogP) is 3.97. The summed E-state index contributed by atoms with van der Waals surface area (Å²) in [6, 6.07) is 6.40. The minimum absolute atomic E-state index is 0.0594. The zero-order chi connectivity index (χ0) is 22.8. The smallest absolute Gasteiger partial charge is 0.226 e. The first-order valence-corrected chi connectivity index (χ1v) is 12.0. The Kier molecular flexibility index (Phi) is 6.15. The van der Waals surface area contributed by atoms with Gasteiger partial charge in [-0.3, -0.25) is 9.48 Å². The molecule has 2 aliphatic rings.